The highest BCUT2D eigenvalue weighted by Crippen LogP contribution is 2.17. The Morgan fingerprint density at radius 3 is 2.45 bits per heavy atom. The van der Waals surface area contributed by atoms with Crippen molar-refractivity contribution in [2.45, 2.75) is 25.8 Å². The highest BCUT2D eigenvalue weighted by Gasteiger charge is 2.19. The fraction of sp³-hybridized carbons (Fsp3) is 0.562. The van der Waals surface area contributed by atoms with Gasteiger partial charge in [0.15, 0.2) is 0 Å². The highest BCUT2D eigenvalue weighted by atomic mass is 16.1. The summed E-state index contributed by atoms with van der Waals surface area (Å²) in [6.07, 6.45) is 1.82. The number of hydrogen-bond donors (Lipinski definition) is 2. The number of benzene rings is 1. The quantitative estimate of drug-likeness (QED) is 0.761. The van der Waals surface area contributed by atoms with Gasteiger partial charge in [-0.15, -0.1) is 0 Å². The maximum absolute atomic E-state index is 12.1. The van der Waals surface area contributed by atoms with E-state index in [-0.39, 0.29) is 17.9 Å². The molecular weight excluding hydrogens is 250 g/mol. The summed E-state index contributed by atoms with van der Waals surface area (Å²) >= 11 is 0. The summed E-state index contributed by atoms with van der Waals surface area (Å²) < 4.78 is 0. The number of carbonyl (C=O) groups is 1. The van der Waals surface area contributed by atoms with Gasteiger partial charge in [0, 0.05) is 13.1 Å². The maximum atomic E-state index is 12.1. The molecule has 1 aromatic rings. The van der Waals surface area contributed by atoms with Crippen LogP contribution in [0.1, 0.15) is 31.4 Å². The Bertz CT molecular complexity index is 392. The largest absolute Gasteiger partial charge is 0.354 e. The molecule has 0 aliphatic heterocycles. The molecular formula is C16H27N3O. The van der Waals surface area contributed by atoms with Gasteiger partial charge in [-0.2, -0.15) is 0 Å². The molecule has 112 valence electrons. The summed E-state index contributed by atoms with van der Waals surface area (Å²) in [6.45, 7) is 3.09. The van der Waals surface area contributed by atoms with E-state index in [1.807, 2.05) is 32.3 Å². The lowest BCUT2D eigenvalue weighted by Gasteiger charge is -2.26. The van der Waals surface area contributed by atoms with E-state index < -0.39 is 0 Å². The first-order chi connectivity index (χ1) is 9.60. The molecule has 0 aromatic heterocycles. The number of hydrogen-bond acceptors (Lipinski definition) is 3. The first-order valence-electron chi connectivity index (χ1n) is 7.29. The van der Waals surface area contributed by atoms with Crippen LogP contribution in [0.5, 0.6) is 0 Å². The zero-order valence-corrected chi connectivity index (χ0v) is 12.8. The third kappa shape index (κ3) is 4.94. The number of nitrogens with one attached hydrogen (secondary N) is 1. The van der Waals surface area contributed by atoms with E-state index in [1.54, 1.807) is 0 Å². The lowest BCUT2D eigenvalue weighted by atomic mass is 10.0. The van der Waals surface area contributed by atoms with Gasteiger partial charge in [-0.3, -0.25) is 4.79 Å². The molecule has 0 bridgehead atoms. The van der Waals surface area contributed by atoms with Gasteiger partial charge >= 0.3 is 0 Å². The molecule has 3 N–H and O–H groups in total. The Morgan fingerprint density at radius 1 is 1.30 bits per heavy atom. The Labute approximate surface area is 122 Å². The standard InChI is InChI=1S/C16H27N3O/c1-4-8-14(11-17)16(20)18-12-15(19(2)3)13-9-6-5-7-10-13/h5-7,9-10,14-15H,4,8,11-12,17H2,1-3H3,(H,18,20). The van der Waals surface area contributed by atoms with Crippen molar-refractivity contribution < 1.29 is 4.79 Å². The van der Waals surface area contributed by atoms with Crippen molar-refractivity contribution in [3.8, 4) is 0 Å². The van der Waals surface area contributed by atoms with E-state index in [9.17, 15) is 4.79 Å². The van der Waals surface area contributed by atoms with E-state index in [2.05, 4.69) is 29.3 Å². The van der Waals surface area contributed by atoms with Gasteiger partial charge < -0.3 is 16.0 Å². The number of nitrogens with two attached hydrogens (primary N) is 1. The molecule has 0 aliphatic rings. The minimum absolute atomic E-state index is 0.0668. The fourth-order valence-electron chi connectivity index (χ4n) is 2.32. The molecule has 0 radical (unpaired) electrons. The van der Waals surface area contributed by atoms with Crippen LogP contribution in [0.4, 0.5) is 0 Å². The summed E-state index contributed by atoms with van der Waals surface area (Å²) in [5, 5.41) is 3.04. The molecule has 4 nitrogen and oxygen atoms in total. The van der Waals surface area contributed by atoms with Gasteiger partial charge in [0.1, 0.15) is 0 Å². The molecule has 2 atom stereocenters. The van der Waals surface area contributed by atoms with Gasteiger partial charge in [-0.25, -0.2) is 0 Å². The number of likely N-dealkylation sites (N-methyl/N-ethyl adjacent to an activating group) is 1. The van der Waals surface area contributed by atoms with Gasteiger partial charge in [0.25, 0.3) is 0 Å². The Morgan fingerprint density at radius 2 is 1.95 bits per heavy atom. The lowest BCUT2D eigenvalue weighted by Crippen LogP contribution is -2.39. The van der Waals surface area contributed by atoms with Crippen LogP contribution in [0, 0.1) is 5.92 Å². The van der Waals surface area contributed by atoms with Crippen molar-refractivity contribution >= 4 is 5.91 Å². The molecule has 2 unspecified atom stereocenters. The summed E-state index contributed by atoms with van der Waals surface area (Å²) in [6, 6.07) is 10.4. The second kappa shape index (κ2) is 8.72. The van der Waals surface area contributed by atoms with Crippen LogP contribution >= 0.6 is 0 Å². The Hall–Kier alpha value is -1.39. The average molecular weight is 277 g/mol. The van der Waals surface area contributed by atoms with E-state index in [0.717, 1.165) is 12.8 Å². The van der Waals surface area contributed by atoms with Crippen molar-refractivity contribution in [3.63, 3.8) is 0 Å². The smallest absolute Gasteiger partial charge is 0.224 e. The first-order valence-corrected chi connectivity index (χ1v) is 7.29. The molecule has 0 fully saturated rings. The molecule has 0 aliphatic carbocycles. The normalized spacial score (nSPS) is 14.1. The van der Waals surface area contributed by atoms with Crippen LogP contribution in [-0.2, 0) is 4.79 Å². The van der Waals surface area contributed by atoms with Crippen molar-refractivity contribution in [1.82, 2.24) is 10.2 Å². The van der Waals surface area contributed by atoms with Crippen molar-refractivity contribution in [3.05, 3.63) is 35.9 Å². The molecule has 20 heavy (non-hydrogen) atoms. The number of rotatable bonds is 8. The van der Waals surface area contributed by atoms with E-state index in [1.165, 1.54) is 5.56 Å². The second-order valence-electron chi connectivity index (χ2n) is 5.36. The predicted molar refractivity (Wildman–Crippen MR) is 83.3 cm³/mol. The zero-order chi connectivity index (χ0) is 15.0. The number of carbonyl (C=O) groups excluding carboxylic acids is 1. The summed E-state index contributed by atoms with van der Waals surface area (Å²) in [5.74, 6) is -0.00397. The van der Waals surface area contributed by atoms with Gasteiger partial charge in [-0.05, 0) is 26.1 Å². The molecule has 1 rings (SSSR count). The lowest BCUT2D eigenvalue weighted by molar-refractivity contribution is -0.125. The second-order valence-corrected chi connectivity index (χ2v) is 5.36. The van der Waals surface area contributed by atoms with Crippen molar-refractivity contribution in [2.75, 3.05) is 27.2 Å². The fourth-order valence-corrected chi connectivity index (χ4v) is 2.32. The monoisotopic (exact) mass is 277 g/mol. The third-order valence-corrected chi connectivity index (χ3v) is 3.57. The van der Waals surface area contributed by atoms with Gasteiger partial charge in [0.05, 0.1) is 12.0 Å². The van der Waals surface area contributed by atoms with Crippen LogP contribution in [0.3, 0.4) is 0 Å². The van der Waals surface area contributed by atoms with Crippen LogP contribution in [0.25, 0.3) is 0 Å². The minimum atomic E-state index is -0.0708. The molecule has 1 aromatic carbocycles. The molecule has 0 spiro atoms. The van der Waals surface area contributed by atoms with E-state index in [0.29, 0.717) is 13.1 Å². The van der Waals surface area contributed by atoms with Crippen LogP contribution in [-0.4, -0.2) is 38.0 Å². The molecule has 0 saturated heterocycles. The van der Waals surface area contributed by atoms with Crippen LogP contribution in [0.2, 0.25) is 0 Å². The summed E-state index contributed by atoms with van der Waals surface area (Å²) in [5.41, 5.74) is 6.87. The molecule has 1 amide bonds. The summed E-state index contributed by atoms with van der Waals surface area (Å²) in [7, 11) is 4.05. The third-order valence-electron chi connectivity index (χ3n) is 3.57. The first kappa shape index (κ1) is 16.7. The predicted octanol–water partition coefficient (Wildman–Crippen LogP) is 1.78. The Kier molecular flexibility index (Phi) is 7.26. The van der Waals surface area contributed by atoms with Crippen LogP contribution < -0.4 is 11.1 Å². The topological polar surface area (TPSA) is 58.4 Å². The van der Waals surface area contributed by atoms with E-state index >= 15 is 0 Å². The zero-order valence-electron chi connectivity index (χ0n) is 12.8. The van der Waals surface area contributed by atoms with E-state index in [4.69, 9.17) is 5.73 Å². The minimum Gasteiger partial charge on any atom is -0.354 e. The molecule has 4 heteroatoms. The average Bonchev–Trinajstić information content (AvgIpc) is 2.45. The highest BCUT2D eigenvalue weighted by molar-refractivity contribution is 5.78. The molecule has 0 saturated carbocycles. The van der Waals surface area contributed by atoms with Crippen molar-refractivity contribution in [2.24, 2.45) is 11.7 Å². The van der Waals surface area contributed by atoms with Crippen LogP contribution in [0.15, 0.2) is 30.3 Å². The maximum Gasteiger partial charge on any atom is 0.224 e. The summed E-state index contributed by atoms with van der Waals surface area (Å²) in [4.78, 5) is 14.2. The SMILES string of the molecule is CCCC(CN)C(=O)NCC(c1ccccc1)N(C)C. The Balaban J connectivity index is 2.62. The number of nitrogens with zero attached hydrogens (tertiary/aromatic N) is 1. The van der Waals surface area contributed by atoms with Gasteiger partial charge in [-0.1, -0.05) is 43.7 Å². The van der Waals surface area contributed by atoms with Gasteiger partial charge in [0.2, 0.25) is 5.91 Å². The van der Waals surface area contributed by atoms with Crippen molar-refractivity contribution in [1.29, 1.82) is 0 Å². The molecule has 0 heterocycles. The number of amides is 1.